The number of hydrogen-bond acceptors (Lipinski definition) is 24. The first-order valence-electron chi connectivity index (χ1n) is 47.1. The number of aromatic nitrogens is 3. The van der Waals surface area contributed by atoms with Crippen LogP contribution in [0.3, 0.4) is 0 Å². The Balaban J connectivity index is 0.991. The quantitative estimate of drug-likeness (QED) is 0.0178. The number of primary amides is 2. The summed E-state index contributed by atoms with van der Waals surface area (Å²) in [7, 11) is 0. The number of nitrogens with one attached hydrogen (secondary N) is 19. The highest BCUT2D eigenvalue weighted by molar-refractivity contribution is 14.1. The predicted molar refractivity (Wildman–Crippen MR) is 525 cm³/mol. The molecule has 0 aliphatic carbocycles. The van der Waals surface area contributed by atoms with Crippen molar-refractivity contribution in [3.63, 3.8) is 0 Å². The topological polar surface area (TPSA) is 635 Å². The van der Waals surface area contributed by atoms with E-state index in [-0.39, 0.29) is 152 Å². The van der Waals surface area contributed by atoms with Crippen LogP contribution in [0, 0.1) is 21.3 Å². The van der Waals surface area contributed by atoms with E-state index in [0.29, 0.717) is 86.3 Å². The first-order chi connectivity index (χ1) is 64.8. The maximum atomic E-state index is 14.8. The third-order valence-corrected chi connectivity index (χ3v) is 23.7. The summed E-state index contributed by atoms with van der Waals surface area (Å²) in [4.78, 5) is 227. The lowest BCUT2D eigenvalue weighted by molar-refractivity contribution is -0.135. The number of benzene rings is 3. The number of carbonyl (C=O) groups excluding carboxylic acids is 16. The van der Waals surface area contributed by atoms with Gasteiger partial charge in [0.15, 0.2) is 0 Å². The highest BCUT2D eigenvalue weighted by Crippen LogP contribution is 2.23. The van der Waals surface area contributed by atoms with Gasteiger partial charge in [0.2, 0.25) is 94.5 Å². The number of halogens is 1. The molecule has 0 bridgehead atoms. The zero-order valence-corrected chi connectivity index (χ0v) is 83.0. The zero-order valence-electron chi connectivity index (χ0n) is 80.9. The summed E-state index contributed by atoms with van der Waals surface area (Å²) in [5.74, 6) is -10.4. The lowest BCUT2D eigenvalue weighted by Crippen LogP contribution is -2.67. The Morgan fingerprint density at radius 3 is 1.67 bits per heavy atom. The fourth-order valence-corrected chi connectivity index (χ4v) is 15.7. The van der Waals surface area contributed by atoms with Gasteiger partial charge in [-0.25, -0.2) is 4.98 Å². The molecule has 0 spiro atoms. The number of ether oxygens (including phenoxy) is 1. The predicted octanol–water partition coefficient (Wildman–Crippen LogP) is -0.139. The minimum Gasteiger partial charge on any atom is -0.375 e. The molecule has 0 unspecified atom stereocenters. The SMILES string of the molecule is CC(C)C[C@@H](CCC(=O)N[C@@H](CC(C)C)C(N)=O)NC(=O)[C@H](Cc1c[nH]cn1)NC(=O)CNC(=O)[C@@H](NC(=O)[C@H](C)NC(=O)[C@H](Cc1c[nH]c2ccccc12)NC(=O)[C@H](CCC(N)=O)NC(=O)[C@@H](Cc1ccccc1)NC(=O)CCC(C)(C)OCCC(C)(C)NC(=O)CCCC(=O)NC1(CN)CNCCNCC(N)(NC(=O)CCCC(=O)NC(=O)Cc2ccc(I)cc2)CNCCNC1)C(C)C. The summed E-state index contributed by atoms with van der Waals surface area (Å²) in [6.45, 7) is 22.0. The monoisotopic (exact) mass is 2020 g/mol. The number of para-hydroxylation sites is 1. The van der Waals surface area contributed by atoms with E-state index < -0.39 is 166 Å². The fraction of sp³-hybridized carbons (Fsp3) is 0.589. The van der Waals surface area contributed by atoms with Gasteiger partial charge < -0.3 is 123 Å². The molecule has 5 aromatic rings. The number of nitrogens with zero attached hydrogens (tertiary/aromatic N) is 1. The van der Waals surface area contributed by atoms with Crippen molar-refractivity contribution < 1.29 is 81.4 Å². The number of nitrogens with two attached hydrogens (primary N) is 4. The maximum Gasteiger partial charge on any atom is 0.243 e. The molecule has 6 rings (SSSR count). The van der Waals surface area contributed by atoms with Crippen molar-refractivity contribution in [2.75, 3.05) is 72.1 Å². The molecule has 1 fully saturated rings. The summed E-state index contributed by atoms with van der Waals surface area (Å²) in [5.41, 5.74) is 23.6. The summed E-state index contributed by atoms with van der Waals surface area (Å²) < 4.78 is 7.35. The minimum atomic E-state index is -1.54. The number of aromatic amines is 2. The molecule has 3 heterocycles. The van der Waals surface area contributed by atoms with Gasteiger partial charge in [0.1, 0.15) is 48.0 Å². The van der Waals surface area contributed by atoms with Crippen LogP contribution in [-0.4, -0.2) is 252 Å². The van der Waals surface area contributed by atoms with Gasteiger partial charge in [0.05, 0.1) is 36.1 Å². The van der Waals surface area contributed by atoms with Crippen LogP contribution in [0.25, 0.3) is 10.9 Å². The molecule has 756 valence electrons. The van der Waals surface area contributed by atoms with Crippen molar-refractivity contribution in [2.24, 2.45) is 40.7 Å². The normalized spacial score (nSPS) is 16.8. The van der Waals surface area contributed by atoms with Gasteiger partial charge in [-0.15, -0.1) is 0 Å². The number of rotatable bonds is 55. The second kappa shape index (κ2) is 57.7. The van der Waals surface area contributed by atoms with Gasteiger partial charge in [-0.1, -0.05) is 102 Å². The van der Waals surface area contributed by atoms with Crippen LogP contribution in [0.5, 0.6) is 0 Å². The van der Waals surface area contributed by atoms with Gasteiger partial charge >= 0.3 is 0 Å². The molecular weight excluding hydrogens is 1880 g/mol. The molecule has 0 radical (unpaired) electrons. The van der Waals surface area contributed by atoms with Crippen LogP contribution in [-0.2, 0) is 107 Å². The van der Waals surface area contributed by atoms with E-state index in [1.807, 2.05) is 65.8 Å². The Labute approximate surface area is 815 Å². The van der Waals surface area contributed by atoms with Gasteiger partial charge in [-0.3, -0.25) is 82.0 Å². The Kier molecular flexibility index (Phi) is 48.1. The molecule has 137 heavy (non-hydrogen) atoms. The van der Waals surface area contributed by atoms with E-state index in [9.17, 15) is 76.7 Å². The summed E-state index contributed by atoms with van der Waals surface area (Å²) >= 11 is 2.17. The van der Waals surface area contributed by atoms with Crippen molar-refractivity contribution in [1.82, 2.24) is 105 Å². The molecule has 1 saturated heterocycles. The van der Waals surface area contributed by atoms with Crippen molar-refractivity contribution in [1.29, 1.82) is 0 Å². The van der Waals surface area contributed by atoms with Crippen LogP contribution in [0.2, 0.25) is 0 Å². The first-order valence-corrected chi connectivity index (χ1v) is 48.2. The van der Waals surface area contributed by atoms with Crippen molar-refractivity contribution >= 4 is 128 Å². The highest BCUT2D eigenvalue weighted by atomic mass is 127. The first kappa shape index (κ1) is 114. The van der Waals surface area contributed by atoms with Gasteiger partial charge in [-0.05, 0) is 161 Å². The Bertz CT molecular complexity index is 4770. The average Bonchev–Trinajstić information content (AvgIpc) is 1.68. The van der Waals surface area contributed by atoms with E-state index >= 15 is 0 Å². The largest absolute Gasteiger partial charge is 0.375 e. The van der Waals surface area contributed by atoms with Crippen LogP contribution in [0.1, 0.15) is 195 Å². The van der Waals surface area contributed by atoms with Gasteiger partial charge in [0.25, 0.3) is 0 Å². The molecule has 3 aromatic carbocycles. The van der Waals surface area contributed by atoms with Crippen LogP contribution >= 0.6 is 22.6 Å². The number of fused-ring (bicyclic) bond motifs is 1. The average molecular weight is 2020 g/mol. The number of H-pyrrole nitrogens is 2. The molecule has 27 N–H and O–H groups in total. The molecule has 8 atom stereocenters. The lowest BCUT2D eigenvalue weighted by Gasteiger charge is -2.35. The second-order valence-corrected chi connectivity index (χ2v) is 39.1. The Morgan fingerprint density at radius 1 is 0.504 bits per heavy atom. The van der Waals surface area contributed by atoms with Crippen molar-refractivity contribution in [3.8, 4) is 0 Å². The molecule has 2 aromatic heterocycles. The summed E-state index contributed by atoms with van der Waals surface area (Å²) in [5, 5.41) is 49.9. The molecule has 1 aliphatic heterocycles. The molecule has 1 aliphatic rings. The summed E-state index contributed by atoms with van der Waals surface area (Å²) in [6, 6.07) is 13.7. The highest BCUT2D eigenvalue weighted by Gasteiger charge is 2.38. The van der Waals surface area contributed by atoms with E-state index in [1.165, 1.54) is 13.3 Å². The van der Waals surface area contributed by atoms with E-state index in [0.717, 1.165) is 9.13 Å². The number of imide groups is 1. The maximum absolute atomic E-state index is 14.8. The molecule has 41 nitrogen and oxygen atoms in total. The standard InChI is InChI=1S/C95H147IN24O17/c1-58(2)43-66(31-34-77(123)111-71(85(99)130)44-59(3)4)110-89(134)74(48-67-50-105-57-108-67)113-83(129)51-107-91(136)84(60(5)6)117-86(131)61(7)109-88(133)73(47-64-49-106-69-22-16-15-21-68(64)69)115-87(132)70(32-33-75(98)121)114-90(135)72(45-62-19-13-12-14-20-62)112-78(124)35-36-93(10,11)137-42-37-92(8,9)118-79(125)24-18-25-80(126)119-94(52-97)53-101-38-40-103-55-95(100,56-104-41-39-102-54-94)120-81(127)26-17-23-76(122)116-82(128)46-63-27-29-65(96)30-28-63/h12-16,19-22,27-30,49-50,57-61,66,70-74,84,101-104,106H,17-18,23-26,31-48,51-56,97,100H2,1-11H3,(H2,98,121)(H2,99,130)(H,105,108)(H,107,136)(H,109,133)(H,110,134)(H,111,123)(H,112,124)(H,113,129)(H,114,135)(H,115,132)(H,117,131)(H,118,125)(H,119,126)(H,120,127)(H,116,122,128)/t61-,66+,70-,71-,72+,73-,74-,84-,94?,95?/m0/s1. The number of imidazole rings is 1. The second-order valence-electron chi connectivity index (χ2n) is 37.8. The van der Waals surface area contributed by atoms with E-state index in [2.05, 4.69) is 128 Å². The Hall–Kier alpha value is -11.4. The molecule has 0 saturated carbocycles. The van der Waals surface area contributed by atoms with E-state index in [4.69, 9.17) is 27.7 Å². The van der Waals surface area contributed by atoms with Crippen molar-refractivity contribution in [3.05, 3.63) is 124 Å². The van der Waals surface area contributed by atoms with Crippen LogP contribution in [0.4, 0.5) is 0 Å². The Morgan fingerprint density at radius 2 is 1.06 bits per heavy atom. The van der Waals surface area contributed by atoms with Crippen LogP contribution < -0.4 is 113 Å². The zero-order chi connectivity index (χ0) is 101. The smallest absolute Gasteiger partial charge is 0.243 e. The molecular formula is C95H147IN24O17. The van der Waals surface area contributed by atoms with Gasteiger partial charge in [-0.2, -0.15) is 0 Å². The summed E-state index contributed by atoms with van der Waals surface area (Å²) in [6.07, 6.45) is 5.46. The minimum absolute atomic E-state index is 0.0158. The fourth-order valence-electron chi connectivity index (χ4n) is 15.4. The van der Waals surface area contributed by atoms with E-state index in [1.54, 1.807) is 94.7 Å². The van der Waals surface area contributed by atoms with Crippen molar-refractivity contribution in [2.45, 2.75) is 269 Å². The van der Waals surface area contributed by atoms with Gasteiger partial charge in [0, 0.05) is 168 Å². The third kappa shape index (κ3) is 43.9. The van der Waals surface area contributed by atoms with Crippen LogP contribution in [0.15, 0.2) is 97.6 Å². The number of hydrogen-bond donors (Lipinski definition) is 23. The molecule has 42 heteroatoms. The lowest BCUT2D eigenvalue weighted by atomic mass is 9.98. The molecule has 16 amide bonds. The number of amides is 16. The third-order valence-electron chi connectivity index (χ3n) is 23.0. The number of carbonyl (C=O) groups is 16.